The number of hydrogen-bond donors (Lipinski definition) is 2. The summed E-state index contributed by atoms with van der Waals surface area (Å²) in [6.07, 6.45) is 3.87. The summed E-state index contributed by atoms with van der Waals surface area (Å²) in [7, 11) is 0. The van der Waals surface area contributed by atoms with Gasteiger partial charge in [0.2, 0.25) is 0 Å². The zero-order valence-corrected chi connectivity index (χ0v) is 12.0. The Bertz CT molecular complexity index is 371. The molecule has 0 spiro atoms. The number of unbranched alkanes of at least 4 members (excludes halogenated alkanes) is 1. The van der Waals surface area contributed by atoms with Crippen LogP contribution in [-0.4, -0.2) is 29.8 Å². The summed E-state index contributed by atoms with van der Waals surface area (Å²) in [6.45, 7) is 5.72. The summed E-state index contributed by atoms with van der Waals surface area (Å²) < 4.78 is 0.919. The van der Waals surface area contributed by atoms with Crippen molar-refractivity contribution in [3.8, 4) is 0 Å². The van der Waals surface area contributed by atoms with Crippen molar-refractivity contribution in [3.05, 3.63) is 16.2 Å². The second-order valence-corrected chi connectivity index (χ2v) is 4.83. The van der Waals surface area contributed by atoms with Crippen LogP contribution >= 0.6 is 15.9 Å². The minimum absolute atomic E-state index is 0.126. The number of aromatic nitrogens is 1. The van der Waals surface area contributed by atoms with E-state index < -0.39 is 0 Å². The first-order valence-electron chi connectivity index (χ1n) is 5.88. The molecule has 3 N–H and O–H groups in total. The summed E-state index contributed by atoms with van der Waals surface area (Å²) >= 11 is 3.53. The number of halogens is 1. The lowest BCUT2D eigenvalue weighted by molar-refractivity contribution is 0.301. The van der Waals surface area contributed by atoms with Crippen LogP contribution in [0.25, 0.3) is 0 Å². The molecule has 1 rings (SSSR count). The molecule has 17 heavy (non-hydrogen) atoms. The van der Waals surface area contributed by atoms with Gasteiger partial charge in [-0.15, -0.1) is 0 Å². The highest BCUT2D eigenvalue weighted by Crippen LogP contribution is 2.30. The van der Waals surface area contributed by atoms with Crippen molar-refractivity contribution >= 4 is 27.4 Å². The topological polar surface area (TPSA) is 62.4 Å². The average molecular weight is 302 g/mol. The van der Waals surface area contributed by atoms with Crippen molar-refractivity contribution in [2.24, 2.45) is 0 Å². The Morgan fingerprint density at radius 3 is 2.76 bits per heavy atom. The van der Waals surface area contributed by atoms with Crippen LogP contribution in [0.3, 0.4) is 0 Å². The highest BCUT2D eigenvalue weighted by molar-refractivity contribution is 9.10. The Kier molecular flexibility index (Phi) is 5.71. The lowest BCUT2D eigenvalue weighted by Crippen LogP contribution is -2.29. The van der Waals surface area contributed by atoms with Gasteiger partial charge in [0.25, 0.3) is 0 Å². The molecule has 0 aliphatic rings. The molecule has 0 saturated heterocycles. The Balaban J connectivity index is 2.97. The number of aliphatic hydroxyl groups excluding tert-OH is 1. The van der Waals surface area contributed by atoms with Crippen LogP contribution in [0, 0.1) is 6.92 Å². The molecular formula is C12H20BrN3O. The molecule has 1 aromatic heterocycles. The normalized spacial score (nSPS) is 10.6. The van der Waals surface area contributed by atoms with E-state index in [-0.39, 0.29) is 6.61 Å². The highest BCUT2D eigenvalue weighted by atomic mass is 79.9. The van der Waals surface area contributed by atoms with Crippen molar-refractivity contribution in [2.75, 3.05) is 30.3 Å². The second kappa shape index (κ2) is 6.81. The van der Waals surface area contributed by atoms with Gasteiger partial charge in [0.15, 0.2) is 0 Å². The third kappa shape index (κ3) is 3.57. The molecule has 0 amide bonds. The molecule has 0 atom stereocenters. The fraction of sp³-hybridized carbons (Fsp3) is 0.583. The van der Waals surface area contributed by atoms with Crippen molar-refractivity contribution in [1.82, 2.24) is 4.98 Å². The number of nitrogen functional groups attached to an aromatic ring is 1. The molecule has 1 aromatic rings. The van der Waals surface area contributed by atoms with Crippen molar-refractivity contribution in [3.63, 3.8) is 0 Å². The van der Waals surface area contributed by atoms with E-state index in [4.69, 9.17) is 10.8 Å². The number of nitrogens with zero attached hydrogens (tertiary/aromatic N) is 2. The molecule has 0 aliphatic heterocycles. The maximum Gasteiger partial charge on any atom is 0.143 e. The van der Waals surface area contributed by atoms with Crippen LogP contribution < -0.4 is 10.6 Å². The molecule has 0 unspecified atom stereocenters. The molecule has 0 fully saturated rings. The van der Waals surface area contributed by atoms with Gasteiger partial charge in [0, 0.05) is 13.1 Å². The molecule has 0 radical (unpaired) electrons. The van der Waals surface area contributed by atoms with E-state index in [2.05, 4.69) is 32.7 Å². The number of anilines is 2. The predicted octanol–water partition coefficient (Wildman–Crippen LogP) is 2.33. The smallest absolute Gasteiger partial charge is 0.143 e. The molecule has 96 valence electrons. The summed E-state index contributed by atoms with van der Waals surface area (Å²) in [5.74, 6) is 0.860. The van der Waals surface area contributed by atoms with Crippen LogP contribution in [0.4, 0.5) is 11.5 Å². The minimum Gasteiger partial charge on any atom is -0.397 e. The van der Waals surface area contributed by atoms with Crippen LogP contribution in [0.5, 0.6) is 0 Å². The minimum atomic E-state index is 0.126. The van der Waals surface area contributed by atoms with Gasteiger partial charge in [-0.25, -0.2) is 4.98 Å². The van der Waals surface area contributed by atoms with Gasteiger partial charge < -0.3 is 15.7 Å². The molecule has 4 nitrogen and oxygen atoms in total. The molecule has 0 aromatic carbocycles. The first-order chi connectivity index (χ1) is 8.11. The summed E-state index contributed by atoms with van der Waals surface area (Å²) in [5, 5.41) is 9.10. The molecule has 5 heteroatoms. The van der Waals surface area contributed by atoms with Gasteiger partial charge in [-0.05, 0) is 34.8 Å². The van der Waals surface area contributed by atoms with Gasteiger partial charge >= 0.3 is 0 Å². The fourth-order valence-corrected chi connectivity index (χ4v) is 2.17. The van der Waals surface area contributed by atoms with Crippen LogP contribution in [0.2, 0.25) is 0 Å². The summed E-state index contributed by atoms with van der Waals surface area (Å²) in [6, 6.07) is 0. The molecule has 0 bridgehead atoms. The van der Waals surface area contributed by atoms with Crippen molar-refractivity contribution < 1.29 is 5.11 Å². The van der Waals surface area contributed by atoms with Gasteiger partial charge in [-0.1, -0.05) is 13.3 Å². The lowest BCUT2D eigenvalue weighted by Gasteiger charge is -2.24. The number of aliphatic hydroxyl groups is 1. The third-order valence-electron chi connectivity index (χ3n) is 2.74. The highest BCUT2D eigenvalue weighted by Gasteiger charge is 2.13. The maximum absolute atomic E-state index is 9.10. The van der Waals surface area contributed by atoms with Crippen LogP contribution in [0.1, 0.15) is 25.3 Å². The molecule has 0 saturated carbocycles. The van der Waals surface area contributed by atoms with Crippen LogP contribution in [0.15, 0.2) is 10.7 Å². The number of pyridine rings is 1. The van der Waals surface area contributed by atoms with E-state index in [1.807, 2.05) is 6.92 Å². The molecule has 0 aliphatic carbocycles. The number of rotatable bonds is 6. The van der Waals surface area contributed by atoms with E-state index in [1.165, 1.54) is 0 Å². The van der Waals surface area contributed by atoms with E-state index in [0.717, 1.165) is 35.2 Å². The van der Waals surface area contributed by atoms with E-state index >= 15 is 0 Å². The Morgan fingerprint density at radius 1 is 1.47 bits per heavy atom. The average Bonchev–Trinajstić information content (AvgIpc) is 2.32. The van der Waals surface area contributed by atoms with Crippen molar-refractivity contribution in [2.45, 2.75) is 26.7 Å². The quantitative estimate of drug-likeness (QED) is 0.846. The van der Waals surface area contributed by atoms with Gasteiger partial charge in [-0.2, -0.15) is 0 Å². The zero-order chi connectivity index (χ0) is 12.8. The largest absolute Gasteiger partial charge is 0.397 e. The third-order valence-corrected chi connectivity index (χ3v) is 3.68. The molecular weight excluding hydrogens is 282 g/mol. The van der Waals surface area contributed by atoms with Crippen molar-refractivity contribution in [1.29, 1.82) is 0 Å². The predicted molar refractivity (Wildman–Crippen MR) is 75.3 cm³/mol. The molecule has 1 heterocycles. The van der Waals surface area contributed by atoms with Gasteiger partial charge in [0.1, 0.15) is 5.82 Å². The maximum atomic E-state index is 9.10. The first kappa shape index (κ1) is 14.3. The monoisotopic (exact) mass is 301 g/mol. The first-order valence-corrected chi connectivity index (χ1v) is 6.67. The Morgan fingerprint density at radius 2 is 2.18 bits per heavy atom. The summed E-state index contributed by atoms with van der Waals surface area (Å²) in [4.78, 5) is 6.44. The van der Waals surface area contributed by atoms with E-state index in [0.29, 0.717) is 12.2 Å². The fourth-order valence-electron chi connectivity index (χ4n) is 1.59. The zero-order valence-electron chi connectivity index (χ0n) is 10.4. The van der Waals surface area contributed by atoms with Crippen LogP contribution in [-0.2, 0) is 0 Å². The van der Waals surface area contributed by atoms with E-state index in [9.17, 15) is 0 Å². The Hall–Kier alpha value is -0.810. The Labute approximate surface area is 111 Å². The lowest BCUT2D eigenvalue weighted by atomic mass is 10.2. The standard InChI is InChI=1S/C12H20BrN3O/c1-3-4-5-16(6-7-17)12-11(13)9(2)10(14)8-15-12/h8,17H,3-7,14H2,1-2H3. The number of nitrogens with two attached hydrogens (primary N) is 1. The van der Waals surface area contributed by atoms with E-state index in [1.54, 1.807) is 6.20 Å². The van der Waals surface area contributed by atoms with Gasteiger partial charge in [0.05, 0.1) is 23.0 Å². The summed E-state index contributed by atoms with van der Waals surface area (Å²) in [5.41, 5.74) is 7.48. The SMILES string of the molecule is CCCCN(CCO)c1ncc(N)c(C)c1Br. The van der Waals surface area contributed by atoms with Gasteiger partial charge in [-0.3, -0.25) is 0 Å². The number of hydrogen-bond acceptors (Lipinski definition) is 4. The second-order valence-electron chi connectivity index (χ2n) is 4.04.